The average Bonchev–Trinajstić information content (AvgIpc) is 1.89. The van der Waals surface area contributed by atoms with Crippen LogP contribution in [-0.2, 0) is 14.2 Å². The van der Waals surface area contributed by atoms with E-state index in [1.807, 2.05) is 0 Å². The van der Waals surface area contributed by atoms with Crippen LogP contribution >= 0.6 is 0 Å². The molecule has 20 heavy (non-hydrogen) atoms. The van der Waals surface area contributed by atoms with Crippen molar-refractivity contribution < 1.29 is 28.9 Å². The lowest BCUT2D eigenvalue weighted by atomic mass is 10.2. The molecule has 0 saturated carbocycles. The molecule has 120 valence electrons. The van der Waals surface area contributed by atoms with Crippen molar-refractivity contribution in [2.24, 2.45) is 0 Å². The summed E-state index contributed by atoms with van der Waals surface area (Å²) >= 11 is 0. The highest BCUT2D eigenvalue weighted by molar-refractivity contribution is 5.77. The Balaban J connectivity index is 0. The first-order valence-electron chi connectivity index (χ1n) is 6.36. The van der Waals surface area contributed by atoms with Crippen molar-refractivity contribution in [3.63, 3.8) is 0 Å². The fraction of sp³-hybridized carbons (Fsp3) is 0.857. The van der Waals surface area contributed by atoms with Crippen LogP contribution in [0.3, 0.4) is 0 Å². The lowest BCUT2D eigenvalue weighted by Crippen LogP contribution is -2.29. The van der Waals surface area contributed by atoms with Crippen LogP contribution in [0.4, 0.5) is 9.59 Å². The second-order valence-corrected chi connectivity index (χ2v) is 7.20. The van der Waals surface area contributed by atoms with Crippen molar-refractivity contribution in [3.8, 4) is 0 Å². The van der Waals surface area contributed by atoms with Gasteiger partial charge in [0.2, 0.25) is 0 Å². The highest BCUT2D eigenvalue weighted by Crippen LogP contribution is 2.11. The number of aliphatic hydroxyl groups is 1. The van der Waals surface area contributed by atoms with Crippen LogP contribution in [0.2, 0.25) is 0 Å². The predicted octanol–water partition coefficient (Wildman–Crippen LogP) is 3.65. The van der Waals surface area contributed by atoms with Gasteiger partial charge < -0.3 is 19.3 Å². The third-order valence-electron chi connectivity index (χ3n) is 0.946. The first kappa shape index (κ1) is 21.0. The van der Waals surface area contributed by atoms with E-state index in [4.69, 9.17) is 14.6 Å². The van der Waals surface area contributed by atoms with Crippen LogP contribution < -0.4 is 0 Å². The van der Waals surface area contributed by atoms with Gasteiger partial charge in [-0.2, -0.15) is 0 Å². The maximum atomic E-state index is 11.0. The van der Waals surface area contributed by atoms with E-state index in [2.05, 4.69) is 4.74 Å². The van der Waals surface area contributed by atoms with Crippen molar-refractivity contribution in [1.29, 1.82) is 0 Å². The van der Waals surface area contributed by atoms with Crippen molar-refractivity contribution >= 4 is 12.3 Å². The molecule has 0 aliphatic carbocycles. The molecule has 0 atom stereocenters. The monoisotopic (exact) mass is 292 g/mol. The second kappa shape index (κ2) is 7.47. The highest BCUT2D eigenvalue weighted by atomic mass is 16.8. The Morgan fingerprint density at radius 2 is 0.900 bits per heavy atom. The zero-order valence-corrected chi connectivity index (χ0v) is 14.0. The van der Waals surface area contributed by atoms with E-state index < -0.39 is 29.1 Å². The van der Waals surface area contributed by atoms with Crippen LogP contribution in [-0.4, -0.2) is 34.2 Å². The molecule has 6 heteroatoms. The Labute approximate surface area is 121 Å². The lowest BCUT2D eigenvalue weighted by Gasteiger charge is -2.20. The van der Waals surface area contributed by atoms with Crippen molar-refractivity contribution in [2.75, 3.05) is 0 Å². The Morgan fingerprint density at radius 1 is 0.700 bits per heavy atom. The Hall–Kier alpha value is -1.30. The molecule has 0 heterocycles. The molecule has 0 amide bonds. The molecule has 0 aromatic rings. The first-order valence-corrected chi connectivity index (χ1v) is 6.36. The van der Waals surface area contributed by atoms with Crippen LogP contribution in [0.5, 0.6) is 0 Å². The lowest BCUT2D eigenvalue weighted by molar-refractivity contribution is -0.0293. The number of hydrogen-bond donors (Lipinski definition) is 1. The number of rotatable bonds is 0. The minimum Gasteiger partial charge on any atom is -0.428 e. The summed E-state index contributed by atoms with van der Waals surface area (Å²) < 4.78 is 13.8. The van der Waals surface area contributed by atoms with Crippen LogP contribution in [0, 0.1) is 0 Å². The minimum atomic E-state index is -1.06. The summed E-state index contributed by atoms with van der Waals surface area (Å²) in [5.41, 5.74) is -1.89. The SMILES string of the molecule is CC(C)(C)O.CC(C)(C)OC(=O)OC(=O)OC(C)(C)C. The topological polar surface area (TPSA) is 82.1 Å². The molecule has 0 aromatic heterocycles. The summed E-state index contributed by atoms with van der Waals surface area (Å²) in [5.74, 6) is 0. The smallest absolute Gasteiger partial charge is 0.428 e. The molecule has 0 bridgehead atoms. The van der Waals surface area contributed by atoms with Crippen LogP contribution in [0.15, 0.2) is 0 Å². The molecular formula is C14H28O6. The summed E-state index contributed by atoms with van der Waals surface area (Å²) in [7, 11) is 0. The molecule has 0 unspecified atom stereocenters. The fourth-order valence-corrected chi connectivity index (χ4v) is 0.610. The first-order chi connectivity index (χ1) is 8.49. The maximum Gasteiger partial charge on any atom is 0.519 e. The molecule has 0 spiro atoms. The molecule has 1 N–H and O–H groups in total. The Kier molecular flexibility index (Phi) is 7.85. The summed E-state index contributed by atoms with van der Waals surface area (Å²) in [6.45, 7) is 15.2. The van der Waals surface area contributed by atoms with Crippen LogP contribution in [0.25, 0.3) is 0 Å². The predicted molar refractivity (Wildman–Crippen MR) is 75.5 cm³/mol. The van der Waals surface area contributed by atoms with Gasteiger partial charge in [0.15, 0.2) is 0 Å². The quantitative estimate of drug-likeness (QED) is 0.542. The molecule has 0 aliphatic rings. The van der Waals surface area contributed by atoms with Crippen molar-refractivity contribution in [1.82, 2.24) is 0 Å². The zero-order chi connectivity index (χ0) is 16.8. The molecule has 0 aliphatic heterocycles. The van der Waals surface area contributed by atoms with Gasteiger partial charge in [-0.3, -0.25) is 0 Å². The van der Waals surface area contributed by atoms with Gasteiger partial charge in [0.05, 0.1) is 5.60 Å². The largest absolute Gasteiger partial charge is 0.519 e. The second-order valence-electron chi connectivity index (χ2n) is 7.20. The number of carbonyl (C=O) groups excluding carboxylic acids is 2. The van der Waals surface area contributed by atoms with Crippen molar-refractivity contribution in [3.05, 3.63) is 0 Å². The standard InChI is InChI=1S/C10H18O5.C4H10O/c1-9(2,3)14-7(11)13-8(12)15-10(4,5)6;1-4(2,3)5/h1-6H3;5H,1-3H3. The van der Waals surface area contributed by atoms with Gasteiger partial charge in [0.1, 0.15) is 11.2 Å². The summed E-state index contributed by atoms with van der Waals surface area (Å²) in [5, 5.41) is 8.52. The Morgan fingerprint density at radius 3 is 1.05 bits per heavy atom. The summed E-state index contributed by atoms with van der Waals surface area (Å²) in [4.78, 5) is 22.0. The third-order valence-corrected chi connectivity index (χ3v) is 0.946. The number of ether oxygens (including phenoxy) is 3. The van der Waals surface area contributed by atoms with E-state index >= 15 is 0 Å². The van der Waals surface area contributed by atoms with Gasteiger partial charge in [-0.05, 0) is 62.3 Å². The van der Waals surface area contributed by atoms with Gasteiger partial charge in [0.25, 0.3) is 0 Å². The van der Waals surface area contributed by atoms with E-state index in [0.29, 0.717) is 0 Å². The normalized spacial score (nSPS) is 11.9. The summed E-state index contributed by atoms with van der Waals surface area (Å²) in [6.07, 6.45) is -2.12. The van der Waals surface area contributed by atoms with E-state index in [9.17, 15) is 9.59 Å². The van der Waals surface area contributed by atoms with Gasteiger partial charge in [-0.15, -0.1) is 0 Å². The van der Waals surface area contributed by atoms with Gasteiger partial charge in [-0.25, -0.2) is 9.59 Å². The van der Waals surface area contributed by atoms with Crippen LogP contribution in [0.1, 0.15) is 62.3 Å². The third kappa shape index (κ3) is 25.5. The highest BCUT2D eigenvalue weighted by Gasteiger charge is 2.24. The zero-order valence-electron chi connectivity index (χ0n) is 14.0. The fourth-order valence-electron chi connectivity index (χ4n) is 0.610. The molecule has 0 fully saturated rings. The molecule has 0 aromatic carbocycles. The van der Waals surface area contributed by atoms with Gasteiger partial charge >= 0.3 is 12.3 Å². The van der Waals surface area contributed by atoms with E-state index in [1.54, 1.807) is 62.3 Å². The van der Waals surface area contributed by atoms with Crippen molar-refractivity contribution in [2.45, 2.75) is 79.1 Å². The molecule has 0 saturated heterocycles. The Bertz CT molecular complexity index is 282. The molecule has 0 rings (SSSR count). The van der Waals surface area contributed by atoms with E-state index in [1.165, 1.54) is 0 Å². The van der Waals surface area contributed by atoms with E-state index in [-0.39, 0.29) is 0 Å². The average molecular weight is 292 g/mol. The minimum absolute atomic E-state index is 0.500. The number of carbonyl (C=O) groups is 2. The molecular weight excluding hydrogens is 264 g/mol. The van der Waals surface area contributed by atoms with Gasteiger partial charge in [-0.1, -0.05) is 0 Å². The maximum absolute atomic E-state index is 11.0. The van der Waals surface area contributed by atoms with Gasteiger partial charge in [0, 0.05) is 0 Å². The molecule has 6 nitrogen and oxygen atoms in total. The summed E-state index contributed by atoms with van der Waals surface area (Å²) in [6, 6.07) is 0. The molecule has 0 radical (unpaired) electrons. The van der Waals surface area contributed by atoms with E-state index in [0.717, 1.165) is 0 Å². The number of hydrogen-bond acceptors (Lipinski definition) is 6.